The molecule has 0 aromatic carbocycles. The van der Waals surface area contributed by atoms with Gasteiger partial charge in [0, 0.05) is 12.4 Å². The van der Waals surface area contributed by atoms with Gasteiger partial charge in [0.25, 0.3) is 6.47 Å². The first kappa shape index (κ1) is 15.4. The monoisotopic (exact) mass is 239 g/mol. The predicted octanol–water partition coefficient (Wildman–Crippen LogP) is 2.83. The van der Waals surface area contributed by atoms with Crippen LogP contribution in [0, 0.1) is 0 Å². The first-order valence-corrected chi connectivity index (χ1v) is 5.90. The van der Waals surface area contributed by atoms with Gasteiger partial charge in [-0.25, -0.2) is 0 Å². The van der Waals surface area contributed by atoms with E-state index in [-0.39, 0.29) is 0 Å². The van der Waals surface area contributed by atoms with Gasteiger partial charge in [-0.3, -0.25) is 9.78 Å². The minimum Gasteiger partial charge on any atom is -0.490 e. The Bertz CT molecular complexity index is 273. The van der Waals surface area contributed by atoms with Gasteiger partial charge < -0.3 is 9.47 Å². The Morgan fingerprint density at radius 2 is 1.82 bits per heavy atom. The molecule has 1 heterocycles. The lowest BCUT2D eigenvalue weighted by Gasteiger charge is -2.26. The highest BCUT2D eigenvalue weighted by molar-refractivity contribution is 5.36. The molecule has 0 unspecified atom stereocenters. The Labute approximate surface area is 103 Å². The minimum absolute atomic E-state index is 0.375. The molecule has 0 aliphatic heterocycles. The summed E-state index contributed by atoms with van der Waals surface area (Å²) in [7, 11) is 1.31. The fraction of sp³-hybridized carbons (Fsp3) is 0.538. The molecule has 1 fully saturated rings. The van der Waals surface area contributed by atoms with Gasteiger partial charge in [-0.15, -0.1) is 0 Å². The fourth-order valence-electron chi connectivity index (χ4n) is 1.10. The molecule has 96 valence electrons. The van der Waals surface area contributed by atoms with E-state index in [4.69, 9.17) is 9.53 Å². The Balaban J connectivity index is 0.000000368. The Morgan fingerprint density at radius 1 is 1.29 bits per heavy atom. The molecule has 0 spiro atoms. The Kier molecular flexibility index (Phi) is 9.91. The van der Waals surface area contributed by atoms with Gasteiger partial charge in [-0.2, -0.15) is 0 Å². The van der Waals surface area contributed by atoms with E-state index in [9.17, 15) is 0 Å². The molecule has 1 aromatic heterocycles. The van der Waals surface area contributed by atoms with Gasteiger partial charge in [-0.05, 0) is 31.4 Å². The van der Waals surface area contributed by atoms with Crippen molar-refractivity contribution in [2.45, 2.75) is 39.2 Å². The van der Waals surface area contributed by atoms with Crippen LogP contribution in [0.1, 0.15) is 33.1 Å². The molecule has 0 saturated heterocycles. The maximum Gasteiger partial charge on any atom is 0.292 e. The number of hydrogen-bond donors (Lipinski definition) is 0. The molecule has 0 N–H and O–H groups in total. The van der Waals surface area contributed by atoms with Crippen molar-refractivity contribution < 1.29 is 14.3 Å². The average molecular weight is 239 g/mol. The van der Waals surface area contributed by atoms with Crippen molar-refractivity contribution in [2.75, 3.05) is 7.11 Å². The van der Waals surface area contributed by atoms with Crippen molar-refractivity contribution in [3.63, 3.8) is 0 Å². The lowest BCUT2D eigenvalue weighted by atomic mass is 9.96. The van der Waals surface area contributed by atoms with E-state index in [0.717, 1.165) is 5.75 Å². The summed E-state index contributed by atoms with van der Waals surface area (Å²) in [5.41, 5.74) is 0. The van der Waals surface area contributed by atoms with Crippen molar-refractivity contribution in [1.82, 2.24) is 4.98 Å². The van der Waals surface area contributed by atoms with E-state index in [1.54, 1.807) is 12.4 Å². The standard InChI is InChI=1S/C9H11NO.C2H4O2.C2H6/c1-2-8(3-1)11-9-4-6-10-7-5-9;1-4-2-3;1-2/h4-8H,1-3H2;2H,1H3;1-2H3. The van der Waals surface area contributed by atoms with Crippen LogP contribution in [0.5, 0.6) is 5.75 Å². The van der Waals surface area contributed by atoms with E-state index in [1.807, 2.05) is 26.0 Å². The van der Waals surface area contributed by atoms with Crippen LogP contribution in [0.2, 0.25) is 0 Å². The van der Waals surface area contributed by atoms with Crippen molar-refractivity contribution in [3.8, 4) is 5.75 Å². The summed E-state index contributed by atoms with van der Waals surface area (Å²) in [5, 5.41) is 0. The largest absolute Gasteiger partial charge is 0.490 e. The summed E-state index contributed by atoms with van der Waals surface area (Å²) in [5.74, 6) is 0.949. The number of hydrogen-bond acceptors (Lipinski definition) is 4. The molecule has 4 nitrogen and oxygen atoms in total. The third kappa shape index (κ3) is 7.33. The lowest BCUT2D eigenvalue weighted by molar-refractivity contribution is -0.126. The molecule has 0 atom stereocenters. The SMILES string of the molecule is CC.COC=O.c1cc(OC2CCC2)ccn1. The highest BCUT2D eigenvalue weighted by atomic mass is 16.5. The molecule has 1 aromatic rings. The number of carbonyl (C=O) groups is 1. The molecule has 0 radical (unpaired) electrons. The number of carbonyl (C=O) groups excluding carboxylic acids is 1. The van der Waals surface area contributed by atoms with Gasteiger partial charge in [0.1, 0.15) is 5.75 Å². The number of ether oxygens (including phenoxy) is 2. The summed E-state index contributed by atoms with van der Waals surface area (Å²) < 4.78 is 9.47. The smallest absolute Gasteiger partial charge is 0.292 e. The third-order valence-corrected chi connectivity index (χ3v) is 2.10. The first-order chi connectivity index (χ1) is 8.36. The van der Waals surface area contributed by atoms with Crippen LogP contribution < -0.4 is 4.74 Å². The van der Waals surface area contributed by atoms with Crippen LogP contribution in [-0.2, 0) is 9.53 Å². The second-order valence-corrected chi connectivity index (χ2v) is 3.19. The summed E-state index contributed by atoms with van der Waals surface area (Å²) in [6.45, 7) is 4.38. The van der Waals surface area contributed by atoms with E-state index in [0.29, 0.717) is 12.6 Å². The summed E-state index contributed by atoms with van der Waals surface area (Å²) in [4.78, 5) is 12.9. The van der Waals surface area contributed by atoms with E-state index in [2.05, 4.69) is 9.72 Å². The normalized spacial score (nSPS) is 12.9. The molecule has 0 bridgehead atoms. The highest BCUT2D eigenvalue weighted by Crippen LogP contribution is 2.24. The van der Waals surface area contributed by atoms with Gasteiger partial charge in [0.15, 0.2) is 0 Å². The first-order valence-electron chi connectivity index (χ1n) is 5.90. The summed E-state index contributed by atoms with van der Waals surface area (Å²) in [6.07, 6.45) is 7.72. The van der Waals surface area contributed by atoms with Crippen molar-refractivity contribution in [3.05, 3.63) is 24.5 Å². The maximum atomic E-state index is 8.95. The van der Waals surface area contributed by atoms with Gasteiger partial charge in [-0.1, -0.05) is 13.8 Å². The number of methoxy groups -OCH3 is 1. The van der Waals surface area contributed by atoms with Gasteiger partial charge >= 0.3 is 0 Å². The van der Waals surface area contributed by atoms with Crippen LogP contribution in [0.25, 0.3) is 0 Å². The molecule has 0 amide bonds. The third-order valence-electron chi connectivity index (χ3n) is 2.10. The Morgan fingerprint density at radius 3 is 2.18 bits per heavy atom. The fourth-order valence-corrected chi connectivity index (χ4v) is 1.10. The van der Waals surface area contributed by atoms with Gasteiger partial charge in [0.2, 0.25) is 0 Å². The second-order valence-electron chi connectivity index (χ2n) is 3.19. The zero-order valence-electron chi connectivity index (χ0n) is 10.8. The number of nitrogens with zero attached hydrogens (tertiary/aromatic N) is 1. The van der Waals surface area contributed by atoms with Gasteiger partial charge in [0.05, 0.1) is 13.2 Å². The lowest BCUT2D eigenvalue weighted by Crippen LogP contribution is -2.24. The Hall–Kier alpha value is -1.58. The predicted molar refractivity (Wildman–Crippen MR) is 66.9 cm³/mol. The molecule has 17 heavy (non-hydrogen) atoms. The minimum atomic E-state index is 0.375. The molecule has 2 rings (SSSR count). The molecule has 1 aliphatic carbocycles. The molecular formula is C13H21NO3. The van der Waals surface area contributed by atoms with Crippen LogP contribution >= 0.6 is 0 Å². The van der Waals surface area contributed by atoms with Crippen LogP contribution in [-0.4, -0.2) is 24.7 Å². The van der Waals surface area contributed by atoms with E-state index in [1.165, 1.54) is 26.4 Å². The molecule has 1 saturated carbocycles. The summed E-state index contributed by atoms with van der Waals surface area (Å²) >= 11 is 0. The molecule has 4 heteroatoms. The maximum absolute atomic E-state index is 8.95. The average Bonchev–Trinajstić information content (AvgIpc) is 2.38. The van der Waals surface area contributed by atoms with E-state index < -0.39 is 0 Å². The number of pyridine rings is 1. The second kappa shape index (κ2) is 10.9. The quantitative estimate of drug-likeness (QED) is 0.761. The van der Waals surface area contributed by atoms with Crippen LogP contribution in [0.15, 0.2) is 24.5 Å². The number of aromatic nitrogens is 1. The molecule has 1 aliphatic rings. The van der Waals surface area contributed by atoms with Crippen molar-refractivity contribution >= 4 is 6.47 Å². The van der Waals surface area contributed by atoms with Crippen LogP contribution in [0.3, 0.4) is 0 Å². The topological polar surface area (TPSA) is 48.4 Å². The highest BCUT2D eigenvalue weighted by Gasteiger charge is 2.18. The van der Waals surface area contributed by atoms with Crippen molar-refractivity contribution in [2.24, 2.45) is 0 Å². The van der Waals surface area contributed by atoms with Crippen molar-refractivity contribution in [1.29, 1.82) is 0 Å². The number of rotatable bonds is 3. The zero-order valence-corrected chi connectivity index (χ0v) is 10.8. The molecular weight excluding hydrogens is 218 g/mol. The summed E-state index contributed by atoms with van der Waals surface area (Å²) in [6, 6.07) is 3.80. The zero-order chi connectivity index (χ0) is 12.9. The van der Waals surface area contributed by atoms with E-state index >= 15 is 0 Å². The van der Waals surface area contributed by atoms with Crippen LogP contribution in [0.4, 0.5) is 0 Å².